The van der Waals surface area contributed by atoms with Crippen LogP contribution in [0.3, 0.4) is 0 Å². The number of hydrogen-bond acceptors (Lipinski definition) is 2. The lowest BCUT2D eigenvalue weighted by Gasteiger charge is -2.37. The van der Waals surface area contributed by atoms with Gasteiger partial charge in [0.2, 0.25) is 0 Å². The predicted octanol–water partition coefficient (Wildman–Crippen LogP) is 4.08. The molecule has 0 atom stereocenters. The van der Waals surface area contributed by atoms with Crippen molar-refractivity contribution in [3.05, 3.63) is 35.4 Å². The van der Waals surface area contributed by atoms with Crippen LogP contribution >= 0.6 is 11.8 Å². The van der Waals surface area contributed by atoms with Gasteiger partial charge in [-0.3, -0.25) is 0 Å². The van der Waals surface area contributed by atoms with E-state index in [9.17, 15) is 13.2 Å². The van der Waals surface area contributed by atoms with Crippen LogP contribution in [0.4, 0.5) is 13.2 Å². The highest BCUT2D eigenvalue weighted by Crippen LogP contribution is 2.38. The molecule has 0 saturated heterocycles. The van der Waals surface area contributed by atoms with E-state index in [2.05, 4.69) is 24.4 Å². The molecule has 0 heterocycles. The Morgan fingerprint density at radius 3 is 2.58 bits per heavy atom. The van der Waals surface area contributed by atoms with E-state index in [0.29, 0.717) is 18.5 Å². The Labute approximate surface area is 116 Å². The van der Waals surface area contributed by atoms with Crippen molar-refractivity contribution < 1.29 is 13.2 Å². The van der Waals surface area contributed by atoms with E-state index in [0.717, 1.165) is 12.8 Å². The lowest BCUT2D eigenvalue weighted by molar-refractivity contribution is -0.0327. The fraction of sp³-hybridized carbons (Fsp3) is 0.571. The Hall–Kier alpha value is -0.680. The van der Waals surface area contributed by atoms with Gasteiger partial charge in [0.05, 0.1) is 0 Å². The largest absolute Gasteiger partial charge is 0.441 e. The van der Waals surface area contributed by atoms with Crippen LogP contribution in [0.1, 0.15) is 29.9 Å². The average molecular weight is 289 g/mol. The van der Waals surface area contributed by atoms with Crippen molar-refractivity contribution >= 4 is 11.8 Å². The summed E-state index contributed by atoms with van der Waals surface area (Å²) in [4.78, 5) is 0. The van der Waals surface area contributed by atoms with Gasteiger partial charge in [0.25, 0.3) is 0 Å². The molecule has 0 amide bonds. The molecule has 0 aliphatic heterocycles. The number of thioether (sulfide) groups is 1. The molecular weight excluding hydrogens is 271 g/mol. The first-order chi connectivity index (χ1) is 8.96. The summed E-state index contributed by atoms with van der Waals surface area (Å²) >= 11 is 0.0473. The lowest BCUT2D eigenvalue weighted by atomic mass is 9.74. The molecule has 1 aliphatic rings. The Balaban J connectivity index is 1.66. The average Bonchev–Trinajstić information content (AvgIpc) is 2.27. The van der Waals surface area contributed by atoms with E-state index in [1.54, 1.807) is 0 Å². The van der Waals surface area contributed by atoms with Crippen LogP contribution in [0.5, 0.6) is 0 Å². The van der Waals surface area contributed by atoms with Crippen molar-refractivity contribution in [1.82, 2.24) is 5.32 Å². The number of benzene rings is 1. The standard InChI is InChI=1S/C14H18F3NS/c1-10-4-2-3-5-13(10)11-8-12(9-11)18-6-7-19-14(15,16)17/h2-5,11-12,18H,6-9H2,1H3. The van der Waals surface area contributed by atoms with E-state index < -0.39 is 5.51 Å². The summed E-state index contributed by atoms with van der Waals surface area (Å²) in [6.07, 6.45) is 2.06. The van der Waals surface area contributed by atoms with Crippen LogP contribution < -0.4 is 5.32 Å². The molecule has 5 heteroatoms. The van der Waals surface area contributed by atoms with E-state index in [1.807, 2.05) is 12.1 Å². The van der Waals surface area contributed by atoms with Crippen LogP contribution in [-0.4, -0.2) is 23.8 Å². The normalized spacial score (nSPS) is 23.2. The molecule has 1 aromatic carbocycles. The maximum Gasteiger partial charge on any atom is 0.441 e. The van der Waals surface area contributed by atoms with E-state index in [-0.39, 0.29) is 17.5 Å². The molecule has 0 bridgehead atoms. The minimum Gasteiger partial charge on any atom is -0.313 e. The molecule has 2 rings (SSSR count). The second kappa shape index (κ2) is 6.18. The zero-order chi connectivity index (χ0) is 13.9. The predicted molar refractivity (Wildman–Crippen MR) is 73.5 cm³/mol. The molecule has 1 nitrogen and oxygen atoms in total. The zero-order valence-corrected chi connectivity index (χ0v) is 11.7. The number of nitrogens with one attached hydrogen (secondary N) is 1. The fourth-order valence-corrected chi connectivity index (χ4v) is 2.96. The van der Waals surface area contributed by atoms with Gasteiger partial charge < -0.3 is 5.32 Å². The summed E-state index contributed by atoms with van der Waals surface area (Å²) in [6.45, 7) is 2.53. The minimum atomic E-state index is -4.11. The van der Waals surface area contributed by atoms with Crippen LogP contribution in [-0.2, 0) is 0 Å². The first-order valence-corrected chi connectivity index (χ1v) is 7.44. The third-order valence-electron chi connectivity index (χ3n) is 3.57. The topological polar surface area (TPSA) is 12.0 Å². The molecule has 1 N–H and O–H groups in total. The first kappa shape index (κ1) is 14.7. The third-order valence-corrected chi connectivity index (χ3v) is 4.30. The van der Waals surface area contributed by atoms with Gasteiger partial charge in [-0.05, 0) is 48.6 Å². The van der Waals surface area contributed by atoms with Crippen LogP contribution in [0.15, 0.2) is 24.3 Å². The van der Waals surface area contributed by atoms with Gasteiger partial charge in [0.15, 0.2) is 0 Å². The van der Waals surface area contributed by atoms with Gasteiger partial charge in [0.1, 0.15) is 0 Å². The molecule has 106 valence electrons. The van der Waals surface area contributed by atoms with Crippen molar-refractivity contribution in [3.63, 3.8) is 0 Å². The highest BCUT2D eigenvalue weighted by Gasteiger charge is 2.31. The van der Waals surface area contributed by atoms with Gasteiger partial charge in [-0.25, -0.2) is 0 Å². The number of hydrogen-bond donors (Lipinski definition) is 1. The Bertz CT molecular complexity index is 413. The zero-order valence-electron chi connectivity index (χ0n) is 10.8. The first-order valence-electron chi connectivity index (χ1n) is 6.45. The fourth-order valence-electron chi connectivity index (χ4n) is 2.51. The van der Waals surface area contributed by atoms with Crippen LogP contribution in [0.2, 0.25) is 0 Å². The smallest absolute Gasteiger partial charge is 0.313 e. The summed E-state index contributed by atoms with van der Waals surface area (Å²) < 4.78 is 35.8. The third kappa shape index (κ3) is 4.42. The van der Waals surface area contributed by atoms with Crippen molar-refractivity contribution in [1.29, 1.82) is 0 Å². The maximum absolute atomic E-state index is 11.9. The van der Waals surface area contributed by atoms with E-state index >= 15 is 0 Å². The van der Waals surface area contributed by atoms with E-state index in [4.69, 9.17) is 0 Å². The Kier molecular flexibility index (Phi) is 4.79. The lowest BCUT2D eigenvalue weighted by Crippen LogP contribution is -2.41. The molecule has 1 saturated carbocycles. The van der Waals surface area contributed by atoms with Gasteiger partial charge in [-0.2, -0.15) is 13.2 Å². The van der Waals surface area contributed by atoms with Crippen LogP contribution in [0, 0.1) is 6.92 Å². The number of rotatable bonds is 5. The molecule has 0 unspecified atom stereocenters. The molecule has 0 radical (unpaired) electrons. The Morgan fingerprint density at radius 2 is 1.95 bits per heavy atom. The molecular formula is C14H18F3NS. The summed E-state index contributed by atoms with van der Waals surface area (Å²) in [5.74, 6) is 0.656. The summed E-state index contributed by atoms with van der Waals surface area (Å²) in [5, 5.41) is 3.19. The van der Waals surface area contributed by atoms with Crippen molar-refractivity contribution in [2.75, 3.05) is 12.3 Å². The maximum atomic E-state index is 11.9. The summed E-state index contributed by atoms with van der Waals surface area (Å²) in [7, 11) is 0. The van der Waals surface area contributed by atoms with Crippen molar-refractivity contribution in [2.24, 2.45) is 0 Å². The highest BCUT2D eigenvalue weighted by atomic mass is 32.2. The molecule has 1 aromatic rings. The van der Waals surface area contributed by atoms with Gasteiger partial charge in [-0.1, -0.05) is 24.3 Å². The number of aryl methyl sites for hydroxylation is 1. The molecule has 1 aliphatic carbocycles. The number of halogens is 3. The minimum absolute atomic E-state index is 0.0473. The highest BCUT2D eigenvalue weighted by molar-refractivity contribution is 8.00. The van der Waals surface area contributed by atoms with Gasteiger partial charge in [0, 0.05) is 18.3 Å². The SMILES string of the molecule is Cc1ccccc1C1CC(NCCSC(F)(F)F)C1. The second-order valence-corrected chi connectivity index (χ2v) is 6.13. The van der Waals surface area contributed by atoms with E-state index in [1.165, 1.54) is 11.1 Å². The molecule has 1 fully saturated rings. The molecule has 0 spiro atoms. The molecule has 0 aromatic heterocycles. The van der Waals surface area contributed by atoms with Gasteiger partial charge in [-0.15, -0.1) is 0 Å². The monoisotopic (exact) mass is 289 g/mol. The van der Waals surface area contributed by atoms with Crippen molar-refractivity contribution in [3.8, 4) is 0 Å². The number of alkyl halides is 3. The second-order valence-electron chi connectivity index (χ2n) is 4.97. The summed E-state index contributed by atoms with van der Waals surface area (Å²) in [6, 6.07) is 8.70. The quantitative estimate of drug-likeness (QED) is 0.820. The van der Waals surface area contributed by atoms with Crippen molar-refractivity contribution in [2.45, 2.75) is 37.2 Å². The summed E-state index contributed by atoms with van der Waals surface area (Å²) in [5.41, 5.74) is -1.42. The van der Waals surface area contributed by atoms with Crippen LogP contribution in [0.25, 0.3) is 0 Å². The Morgan fingerprint density at radius 1 is 1.26 bits per heavy atom. The van der Waals surface area contributed by atoms with Gasteiger partial charge >= 0.3 is 5.51 Å². The molecule has 19 heavy (non-hydrogen) atoms.